The van der Waals surface area contributed by atoms with Crippen molar-refractivity contribution >= 4 is 16.9 Å². The van der Waals surface area contributed by atoms with Crippen molar-refractivity contribution in [1.29, 1.82) is 0 Å². The molecule has 0 fully saturated rings. The van der Waals surface area contributed by atoms with Crippen molar-refractivity contribution in [3.63, 3.8) is 0 Å². The fraction of sp³-hybridized carbons (Fsp3) is 0.192. The largest absolute Gasteiger partial charge is 0.478 e. The molecule has 0 radical (unpaired) electrons. The molecule has 8 nitrogen and oxygen atoms in total. The van der Waals surface area contributed by atoms with Crippen LogP contribution in [0.1, 0.15) is 27.4 Å². The van der Waals surface area contributed by atoms with Gasteiger partial charge in [-0.1, -0.05) is 6.07 Å². The van der Waals surface area contributed by atoms with Gasteiger partial charge in [0, 0.05) is 19.3 Å². The molecule has 0 bridgehead atoms. The van der Waals surface area contributed by atoms with Crippen LogP contribution in [-0.2, 0) is 24.0 Å². The molecule has 1 aliphatic heterocycles. The van der Waals surface area contributed by atoms with Crippen molar-refractivity contribution in [2.24, 2.45) is 0 Å². The van der Waals surface area contributed by atoms with E-state index in [4.69, 9.17) is 13.9 Å². The van der Waals surface area contributed by atoms with E-state index in [1.54, 1.807) is 12.3 Å². The first-order valence-electron chi connectivity index (χ1n) is 11.1. The van der Waals surface area contributed by atoms with Crippen molar-refractivity contribution in [3.05, 3.63) is 93.6 Å². The molecule has 5 rings (SSSR count). The SMILES string of the molecule is COC(=O)c1ccc(Oc2c(C(F)(F)F)oc3c4c(ccc3c2=O)OCN(Cc2ccccn2)C4)cc1. The highest BCUT2D eigenvalue weighted by Gasteiger charge is 2.41. The van der Waals surface area contributed by atoms with Gasteiger partial charge in [-0.15, -0.1) is 0 Å². The molecule has 11 heteroatoms. The Bertz CT molecular complexity index is 1520. The standard InChI is InChI=1S/C26H19F3N2O6/c1-34-25(33)15-5-7-17(8-6-15)36-23-21(32)18-9-10-20-19(22(18)37-24(23)26(27,28)29)13-31(14-35-20)12-16-4-2-3-11-30-16/h2-11H,12-14H2,1H3. The molecule has 0 N–H and O–H groups in total. The van der Waals surface area contributed by atoms with Gasteiger partial charge >= 0.3 is 12.1 Å². The average Bonchev–Trinajstić information content (AvgIpc) is 2.90. The molecule has 0 atom stereocenters. The van der Waals surface area contributed by atoms with Gasteiger partial charge in [0.1, 0.15) is 23.8 Å². The van der Waals surface area contributed by atoms with Gasteiger partial charge in [0.2, 0.25) is 11.2 Å². The molecule has 0 aliphatic carbocycles. The summed E-state index contributed by atoms with van der Waals surface area (Å²) in [6.07, 6.45) is -3.39. The summed E-state index contributed by atoms with van der Waals surface area (Å²) in [6.45, 7) is 0.753. The molecule has 37 heavy (non-hydrogen) atoms. The maximum Gasteiger partial charge on any atom is 0.453 e. The van der Waals surface area contributed by atoms with E-state index in [-0.39, 0.29) is 35.6 Å². The van der Waals surface area contributed by atoms with E-state index in [9.17, 15) is 22.8 Å². The number of methoxy groups -OCH3 is 1. The number of alkyl halides is 3. The van der Waals surface area contributed by atoms with E-state index in [0.717, 1.165) is 5.69 Å². The lowest BCUT2D eigenvalue weighted by atomic mass is 10.1. The quantitative estimate of drug-likeness (QED) is 0.340. The smallest absolute Gasteiger partial charge is 0.453 e. The number of hydrogen-bond donors (Lipinski definition) is 0. The van der Waals surface area contributed by atoms with Gasteiger partial charge in [0.15, 0.2) is 0 Å². The van der Waals surface area contributed by atoms with Crippen LogP contribution in [0.2, 0.25) is 0 Å². The zero-order chi connectivity index (χ0) is 26.2. The van der Waals surface area contributed by atoms with E-state index in [2.05, 4.69) is 9.72 Å². The molecule has 2 aromatic carbocycles. The number of halogens is 3. The number of esters is 1. The summed E-state index contributed by atoms with van der Waals surface area (Å²) in [5.74, 6) is -2.97. The molecule has 0 saturated carbocycles. The first-order valence-corrected chi connectivity index (χ1v) is 11.1. The second-order valence-electron chi connectivity index (χ2n) is 8.21. The monoisotopic (exact) mass is 512 g/mol. The zero-order valence-electron chi connectivity index (χ0n) is 19.4. The lowest BCUT2D eigenvalue weighted by Gasteiger charge is -2.29. The molecular formula is C26H19F3N2O6. The molecule has 4 aromatic rings. The Balaban J connectivity index is 1.55. The molecule has 1 aliphatic rings. The maximum atomic E-state index is 14.0. The lowest BCUT2D eigenvalue weighted by molar-refractivity contribution is -0.154. The highest BCUT2D eigenvalue weighted by molar-refractivity contribution is 5.89. The number of nitrogens with zero attached hydrogens (tertiary/aromatic N) is 2. The third kappa shape index (κ3) is 4.85. The maximum absolute atomic E-state index is 14.0. The minimum absolute atomic E-state index is 0.0868. The first-order chi connectivity index (χ1) is 17.7. The Morgan fingerprint density at radius 2 is 1.89 bits per heavy atom. The van der Waals surface area contributed by atoms with Gasteiger partial charge < -0.3 is 18.6 Å². The fourth-order valence-corrected chi connectivity index (χ4v) is 3.99. The number of fused-ring (bicyclic) bond motifs is 3. The van der Waals surface area contributed by atoms with Gasteiger partial charge in [-0.2, -0.15) is 13.2 Å². The minimum atomic E-state index is -5.03. The Labute approximate surface area is 207 Å². The van der Waals surface area contributed by atoms with Crippen LogP contribution in [0.5, 0.6) is 17.2 Å². The topological polar surface area (TPSA) is 91.1 Å². The summed E-state index contributed by atoms with van der Waals surface area (Å²) in [7, 11) is 1.20. The number of carbonyl (C=O) groups is 1. The Morgan fingerprint density at radius 3 is 2.57 bits per heavy atom. The zero-order valence-corrected chi connectivity index (χ0v) is 19.4. The van der Waals surface area contributed by atoms with Crippen LogP contribution in [0.25, 0.3) is 11.0 Å². The van der Waals surface area contributed by atoms with Crippen LogP contribution in [0.4, 0.5) is 13.2 Å². The Hall–Kier alpha value is -4.38. The highest BCUT2D eigenvalue weighted by atomic mass is 19.4. The molecule has 190 valence electrons. The van der Waals surface area contributed by atoms with Gasteiger partial charge in [-0.05, 0) is 48.5 Å². The lowest BCUT2D eigenvalue weighted by Crippen LogP contribution is -2.32. The second kappa shape index (κ2) is 9.58. The van der Waals surface area contributed by atoms with E-state index >= 15 is 0 Å². The van der Waals surface area contributed by atoms with Crippen molar-refractivity contribution in [2.45, 2.75) is 19.3 Å². The number of benzene rings is 2. The summed E-state index contributed by atoms with van der Waals surface area (Å²) in [5.41, 5.74) is 0.0138. The Morgan fingerprint density at radius 1 is 1.11 bits per heavy atom. The van der Waals surface area contributed by atoms with Crippen LogP contribution < -0.4 is 14.9 Å². The molecule has 2 aromatic heterocycles. The van der Waals surface area contributed by atoms with Gasteiger partial charge in [-0.25, -0.2) is 4.79 Å². The minimum Gasteiger partial charge on any atom is -0.478 e. The molecule has 3 heterocycles. The van der Waals surface area contributed by atoms with E-state index in [1.807, 2.05) is 17.0 Å². The fourth-order valence-electron chi connectivity index (χ4n) is 3.99. The first kappa shape index (κ1) is 24.3. The molecule has 0 unspecified atom stereocenters. The van der Waals surface area contributed by atoms with E-state index in [1.165, 1.54) is 43.5 Å². The number of rotatable bonds is 5. The van der Waals surface area contributed by atoms with Crippen LogP contribution in [-0.4, -0.2) is 29.7 Å². The normalized spacial score (nSPS) is 13.6. The molecule has 0 saturated heterocycles. The van der Waals surface area contributed by atoms with Crippen LogP contribution in [0, 0.1) is 0 Å². The third-order valence-corrected chi connectivity index (χ3v) is 5.73. The van der Waals surface area contributed by atoms with Crippen molar-refractivity contribution in [3.8, 4) is 17.2 Å². The van der Waals surface area contributed by atoms with Crippen molar-refractivity contribution in [2.75, 3.05) is 13.8 Å². The number of carbonyl (C=O) groups excluding carboxylic acids is 1. The number of aromatic nitrogens is 1. The number of pyridine rings is 1. The van der Waals surface area contributed by atoms with Gasteiger partial charge in [-0.3, -0.25) is 14.7 Å². The molecule has 0 spiro atoms. The third-order valence-electron chi connectivity index (χ3n) is 5.73. The van der Waals surface area contributed by atoms with Gasteiger partial charge in [0.05, 0.1) is 29.3 Å². The summed E-state index contributed by atoms with van der Waals surface area (Å²) < 4.78 is 63.2. The number of hydrogen-bond acceptors (Lipinski definition) is 8. The van der Waals surface area contributed by atoms with E-state index < -0.39 is 29.1 Å². The van der Waals surface area contributed by atoms with Crippen LogP contribution in [0.3, 0.4) is 0 Å². The predicted molar refractivity (Wildman–Crippen MR) is 124 cm³/mol. The highest BCUT2D eigenvalue weighted by Crippen LogP contribution is 2.41. The molecular weight excluding hydrogens is 493 g/mol. The van der Waals surface area contributed by atoms with Crippen molar-refractivity contribution in [1.82, 2.24) is 9.88 Å². The molecule has 0 amide bonds. The van der Waals surface area contributed by atoms with E-state index in [0.29, 0.717) is 17.9 Å². The van der Waals surface area contributed by atoms with Crippen molar-refractivity contribution < 1.29 is 36.6 Å². The summed E-state index contributed by atoms with van der Waals surface area (Å²) in [6, 6.07) is 13.4. The van der Waals surface area contributed by atoms with Gasteiger partial charge in [0.25, 0.3) is 5.76 Å². The summed E-state index contributed by atoms with van der Waals surface area (Å²) >= 11 is 0. The average molecular weight is 512 g/mol. The Kier molecular flexibility index (Phi) is 6.30. The van der Waals surface area contributed by atoms with Crippen LogP contribution >= 0.6 is 0 Å². The number of ether oxygens (including phenoxy) is 3. The summed E-state index contributed by atoms with van der Waals surface area (Å²) in [5, 5.41) is -0.0868. The van der Waals surface area contributed by atoms with Crippen LogP contribution in [0.15, 0.2) is 70.0 Å². The second-order valence-corrected chi connectivity index (χ2v) is 8.21. The predicted octanol–water partition coefficient (Wildman–Crippen LogP) is 5.14. The summed E-state index contributed by atoms with van der Waals surface area (Å²) in [4.78, 5) is 31.0.